The summed E-state index contributed by atoms with van der Waals surface area (Å²) in [6.45, 7) is 1.40. The van der Waals surface area contributed by atoms with Gasteiger partial charge >= 0.3 is 0 Å². The van der Waals surface area contributed by atoms with Gasteiger partial charge in [0.05, 0.1) is 24.9 Å². The third-order valence-electron chi connectivity index (χ3n) is 4.76. The van der Waals surface area contributed by atoms with Gasteiger partial charge in [-0.1, -0.05) is 23.7 Å². The molecule has 1 saturated carbocycles. The lowest BCUT2D eigenvalue weighted by molar-refractivity contribution is -0.181. The van der Waals surface area contributed by atoms with Crippen molar-refractivity contribution in [1.82, 2.24) is 9.78 Å². The van der Waals surface area contributed by atoms with Crippen LogP contribution in [0.1, 0.15) is 31.7 Å². The minimum absolute atomic E-state index is 0.293. The molecular formula is C17H20ClN3O2. The van der Waals surface area contributed by atoms with Gasteiger partial charge < -0.3 is 15.2 Å². The number of nitrogens with two attached hydrogens (primary N) is 1. The quantitative estimate of drug-likeness (QED) is 0.911. The highest BCUT2D eigenvalue weighted by atomic mass is 35.5. The van der Waals surface area contributed by atoms with E-state index in [1.165, 1.54) is 0 Å². The van der Waals surface area contributed by atoms with Crippen molar-refractivity contribution in [3.8, 4) is 11.3 Å². The summed E-state index contributed by atoms with van der Waals surface area (Å²) >= 11 is 6.07. The summed E-state index contributed by atoms with van der Waals surface area (Å²) in [6, 6.07) is 9.89. The molecular weight excluding hydrogens is 314 g/mol. The van der Waals surface area contributed by atoms with Gasteiger partial charge in [0.15, 0.2) is 5.79 Å². The number of ether oxygens (including phenoxy) is 2. The molecule has 2 heterocycles. The molecule has 2 fully saturated rings. The van der Waals surface area contributed by atoms with Gasteiger partial charge in [-0.25, -0.2) is 4.68 Å². The first-order valence-corrected chi connectivity index (χ1v) is 8.42. The highest BCUT2D eigenvalue weighted by Gasteiger charge is 2.41. The van der Waals surface area contributed by atoms with Crippen molar-refractivity contribution in [1.29, 1.82) is 0 Å². The maximum absolute atomic E-state index is 6.20. The molecule has 2 aliphatic rings. The van der Waals surface area contributed by atoms with E-state index < -0.39 is 0 Å². The van der Waals surface area contributed by atoms with Crippen LogP contribution in [0, 0.1) is 0 Å². The number of rotatable bonds is 2. The Labute approximate surface area is 140 Å². The van der Waals surface area contributed by atoms with Crippen LogP contribution in [0.2, 0.25) is 5.02 Å². The Hall–Kier alpha value is -1.56. The van der Waals surface area contributed by atoms with Gasteiger partial charge in [0.2, 0.25) is 0 Å². The van der Waals surface area contributed by atoms with Crippen LogP contribution in [0.15, 0.2) is 30.3 Å². The number of nitrogen functional groups attached to an aromatic ring is 1. The van der Waals surface area contributed by atoms with Crippen LogP contribution in [0.25, 0.3) is 11.3 Å². The molecule has 5 nitrogen and oxygen atoms in total. The highest BCUT2D eigenvalue weighted by Crippen LogP contribution is 2.41. The number of anilines is 1. The molecule has 0 amide bonds. The Morgan fingerprint density at radius 3 is 2.61 bits per heavy atom. The number of hydrogen-bond acceptors (Lipinski definition) is 4. The van der Waals surface area contributed by atoms with Crippen molar-refractivity contribution < 1.29 is 9.47 Å². The molecule has 1 saturated heterocycles. The zero-order valence-corrected chi connectivity index (χ0v) is 13.6. The van der Waals surface area contributed by atoms with Gasteiger partial charge in [-0.05, 0) is 25.0 Å². The molecule has 4 rings (SSSR count). The maximum atomic E-state index is 6.20. The number of aromatic nitrogens is 2. The summed E-state index contributed by atoms with van der Waals surface area (Å²) in [5.41, 5.74) is 8.04. The molecule has 2 N–H and O–H groups in total. The van der Waals surface area contributed by atoms with Crippen LogP contribution in [0.3, 0.4) is 0 Å². The molecule has 0 atom stereocenters. The molecule has 23 heavy (non-hydrogen) atoms. The molecule has 1 aromatic carbocycles. The summed E-state index contributed by atoms with van der Waals surface area (Å²) in [6.07, 6.45) is 3.70. The average Bonchev–Trinajstić information content (AvgIpc) is 3.16. The van der Waals surface area contributed by atoms with Gasteiger partial charge in [-0.3, -0.25) is 0 Å². The zero-order chi connectivity index (χ0) is 15.9. The van der Waals surface area contributed by atoms with Crippen LogP contribution >= 0.6 is 11.6 Å². The zero-order valence-electron chi connectivity index (χ0n) is 12.9. The van der Waals surface area contributed by atoms with Crippen molar-refractivity contribution in [3.63, 3.8) is 0 Å². The molecule has 1 aliphatic heterocycles. The van der Waals surface area contributed by atoms with Crippen molar-refractivity contribution in [2.45, 2.75) is 37.5 Å². The minimum atomic E-state index is -0.353. The first-order chi connectivity index (χ1) is 11.2. The molecule has 0 unspecified atom stereocenters. The predicted octanol–water partition coefficient (Wildman–Crippen LogP) is 3.64. The Morgan fingerprint density at radius 2 is 1.91 bits per heavy atom. The van der Waals surface area contributed by atoms with Gasteiger partial charge in [0.25, 0.3) is 0 Å². The van der Waals surface area contributed by atoms with E-state index >= 15 is 0 Å². The Balaban J connectivity index is 1.54. The van der Waals surface area contributed by atoms with Crippen molar-refractivity contribution in [2.24, 2.45) is 0 Å². The third-order valence-corrected chi connectivity index (χ3v) is 5.00. The lowest BCUT2D eigenvalue weighted by Crippen LogP contribution is -2.36. The summed E-state index contributed by atoms with van der Waals surface area (Å²) in [5, 5.41) is 5.41. The Bertz CT molecular complexity index is 700. The van der Waals surface area contributed by atoms with E-state index in [9.17, 15) is 0 Å². The lowest BCUT2D eigenvalue weighted by atomic mass is 9.90. The predicted molar refractivity (Wildman–Crippen MR) is 89.2 cm³/mol. The maximum Gasteiger partial charge on any atom is 0.168 e. The third kappa shape index (κ3) is 2.84. The van der Waals surface area contributed by atoms with E-state index in [-0.39, 0.29) is 5.79 Å². The van der Waals surface area contributed by atoms with Gasteiger partial charge in [0.1, 0.15) is 5.82 Å². The van der Waals surface area contributed by atoms with E-state index in [4.69, 9.17) is 31.9 Å². The molecule has 1 aliphatic carbocycles. The molecule has 122 valence electrons. The first-order valence-electron chi connectivity index (χ1n) is 8.04. The fraction of sp³-hybridized carbons (Fsp3) is 0.471. The summed E-state index contributed by atoms with van der Waals surface area (Å²) in [7, 11) is 0. The van der Waals surface area contributed by atoms with Crippen LogP contribution in [0.5, 0.6) is 0 Å². The van der Waals surface area contributed by atoms with Gasteiger partial charge in [-0.2, -0.15) is 5.10 Å². The van der Waals surface area contributed by atoms with Crippen LogP contribution in [0.4, 0.5) is 5.82 Å². The largest absolute Gasteiger partial charge is 0.384 e. The van der Waals surface area contributed by atoms with Crippen LogP contribution in [-0.4, -0.2) is 28.8 Å². The monoisotopic (exact) mass is 333 g/mol. The molecule has 2 aromatic rings. The van der Waals surface area contributed by atoms with Crippen molar-refractivity contribution in [2.75, 3.05) is 18.9 Å². The lowest BCUT2D eigenvalue weighted by Gasteiger charge is -2.35. The van der Waals surface area contributed by atoms with Gasteiger partial charge in [-0.15, -0.1) is 0 Å². The average molecular weight is 334 g/mol. The Kier molecular flexibility index (Phi) is 3.79. The molecule has 0 bridgehead atoms. The second kappa shape index (κ2) is 5.82. The smallest absolute Gasteiger partial charge is 0.168 e. The number of nitrogens with zero attached hydrogens (tertiary/aromatic N) is 2. The highest BCUT2D eigenvalue weighted by molar-refractivity contribution is 6.30. The van der Waals surface area contributed by atoms with Crippen LogP contribution < -0.4 is 5.73 Å². The second-order valence-electron chi connectivity index (χ2n) is 6.25. The number of benzene rings is 1. The second-order valence-corrected chi connectivity index (χ2v) is 6.68. The van der Waals surface area contributed by atoms with Gasteiger partial charge in [0, 0.05) is 29.5 Å². The van der Waals surface area contributed by atoms with Crippen molar-refractivity contribution >= 4 is 17.4 Å². The standard InChI is InChI=1S/C17H20ClN3O2/c18-13-3-1-2-12(10-13)15-11-16(19)21(20-15)14-4-6-17(7-5-14)22-8-9-23-17/h1-3,10-11,14H,4-9,19H2. The fourth-order valence-electron chi connectivity index (χ4n) is 3.56. The Morgan fingerprint density at radius 1 is 1.17 bits per heavy atom. The normalized spacial score (nSPS) is 21.1. The summed E-state index contributed by atoms with van der Waals surface area (Å²) in [4.78, 5) is 0. The van der Waals surface area contributed by atoms with E-state index in [0.717, 1.165) is 36.9 Å². The number of hydrogen-bond donors (Lipinski definition) is 1. The SMILES string of the molecule is Nc1cc(-c2cccc(Cl)c2)nn1C1CCC2(CC1)OCCO2. The molecule has 0 radical (unpaired) electrons. The van der Waals surface area contributed by atoms with Crippen molar-refractivity contribution in [3.05, 3.63) is 35.4 Å². The topological polar surface area (TPSA) is 62.3 Å². The first kappa shape index (κ1) is 15.0. The van der Waals surface area contributed by atoms with E-state index in [0.29, 0.717) is 30.1 Å². The molecule has 6 heteroatoms. The van der Waals surface area contributed by atoms with E-state index in [1.807, 2.05) is 35.0 Å². The minimum Gasteiger partial charge on any atom is -0.384 e. The summed E-state index contributed by atoms with van der Waals surface area (Å²) < 4.78 is 13.5. The summed E-state index contributed by atoms with van der Waals surface area (Å²) in [5.74, 6) is 0.336. The van der Waals surface area contributed by atoms with Crippen LogP contribution in [-0.2, 0) is 9.47 Å². The van der Waals surface area contributed by atoms with E-state index in [2.05, 4.69) is 0 Å². The number of halogens is 1. The molecule has 1 aromatic heterocycles. The molecule has 1 spiro atoms. The fourth-order valence-corrected chi connectivity index (χ4v) is 3.75. The van der Waals surface area contributed by atoms with E-state index in [1.54, 1.807) is 0 Å².